The van der Waals surface area contributed by atoms with Crippen LogP contribution < -0.4 is 0 Å². The Morgan fingerprint density at radius 2 is 2.17 bits per heavy atom. The second kappa shape index (κ2) is 6.86. The monoisotopic (exact) mass is 311 g/mol. The molecule has 0 atom stereocenters. The minimum Gasteiger partial charge on any atom is -0.380 e. The summed E-state index contributed by atoms with van der Waals surface area (Å²) in [5, 5.41) is 0. The zero-order valence-corrected chi connectivity index (χ0v) is 13.2. The lowest BCUT2D eigenvalue weighted by Crippen LogP contribution is -2.29. The number of aryl methyl sites for hydroxylation is 1. The molecule has 0 aliphatic carbocycles. The first-order valence-corrected chi connectivity index (χ1v) is 8.42. The van der Waals surface area contributed by atoms with E-state index >= 15 is 0 Å². The summed E-state index contributed by atoms with van der Waals surface area (Å²) in [6, 6.07) is 1.68. The van der Waals surface area contributed by atoms with Crippen molar-refractivity contribution in [2.75, 3.05) is 26.8 Å². The topological polar surface area (TPSA) is 46.6 Å². The Balaban J connectivity index is 2.84. The number of rotatable bonds is 7. The number of sulfonamides is 1. The van der Waals surface area contributed by atoms with E-state index in [0.717, 1.165) is 10.4 Å². The van der Waals surface area contributed by atoms with Gasteiger partial charge in [0.25, 0.3) is 10.0 Å². The highest BCUT2D eigenvalue weighted by atomic mass is 35.5. The van der Waals surface area contributed by atoms with E-state index in [1.54, 1.807) is 13.1 Å². The summed E-state index contributed by atoms with van der Waals surface area (Å²) < 4.78 is 31.3. The molecule has 1 aromatic rings. The van der Waals surface area contributed by atoms with Gasteiger partial charge in [-0.1, -0.05) is 0 Å². The minimum absolute atomic E-state index is 0.342. The van der Waals surface area contributed by atoms with E-state index in [1.807, 2.05) is 13.8 Å². The molecule has 0 aliphatic heterocycles. The fraction of sp³-hybridized carbons (Fsp3) is 0.636. The molecule has 0 fully saturated rings. The van der Waals surface area contributed by atoms with Gasteiger partial charge >= 0.3 is 0 Å². The minimum atomic E-state index is -3.42. The Labute approximate surface area is 118 Å². The van der Waals surface area contributed by atoms with Crippen LogP contribution in [0.5, 0.6) is 0 Å². The molecule has 0 amide bonds. The van der Waals surface area contributed by atoms with Gasteiger partial charge in [0.05, 0.1) is 12.5 Å². The molecule has 0 radical (unpaired) electrons. The highest BCUT2D eigenvalue weighted by molar-refractivity contribution is 7.91. The second-order valence-electron chi connectivity index (χ2n) is 3.83. The Morgan fingerprint density at radius 3 is 2.67 bits per heavy atom. The van der Waals surface area contributed by atoms with Gasteiger partial charge in [-0.15, -0.1) is 22.9 Å². The van der Waals surface area contributed by atoms with Crippen molar-refractivity contribution in [2.45, 2.75) is 23.9 Å². The fourth-order valence-electron chi connectivity index (χ4n) is 1.36. The Kier molecular flexibility index (Phi) is 6.07. The summed E-state index contributed by atoms with van der Waals surface area (Å²) in [5.74, 6) is 0.342. The van der Waals surface area contributed by atoms with Gasteiger partial charge < -0.3 is 4.74 Å². The lowest BCUT2D eigenvalue weighted by atomic mass is 10.3. The fourth-order valence-corrected chi connectivity index (χ4v) is 4.54. The summed E-state index contributed by atoms with van der Waals surface area (Å²) in [5.41, 5.74) is 0.923. The van der Waals surface area contributed by atoms with Crippen molar-refractivity contribution in [1.82, 2.24) is 4.31 Å². The van der Waals surface area contributed by atoms with E-state index in [9.17, 15) is 8.42 Å². The zero-order chi connectivity index (χ0) is 13.8. The number of halogens is 1. The summed E-state index contributed by atoms with van der Waals surface area (Å²) >= 11 is 6.99. The second-order valence-corrected chi connectivity index (χ2v) is 7.50. The number of hydrogen-bond acceptors (Lipinski definition) is 4. The van der Waals surface area contributed by atoms with Gasteiger partial charge in [0.2, 0.25) is 0 Å². The predicted octanol–water partition coefficient (Wildman–Crippen LogP) is 2.45. The van der Waals surface area contributed by atoms with Gasteiger partial charge in [-0.3, -0.25) is 0 Å². The molecule has 104 valence electrons. The van der Waals surface area contributed by atoms with Gasteiger partial charge in [0.15, 0.2) is 0 Å². The molecular formula is C11H18ClNO3S2. The van der Waals surface area contributed by atoms with Crippen molar-refractivity contribution >= 4 is 33.0 Å². The van der Waals surface area contributed by atoms with E-state index in [0.29, 0.717) is 29.8 Å². The van der Waals surface area contributed by atoms with Gasteiger partial charge in [-0.25, -0.2) is 8.42 Å². The highest BCUT2D eigenvalue weighted by Crippen LogP contribution is 2.28. The lowest BCUT2D eigenvalue weighted by molar-refractivity contribution is 0.138. The third-order valence-electron chi connectivity index (χ3n) is 2.54. The highest BCUT2D eigenvalue weighted by Gasteiger charge is 2.23. The van der Waals surface area contributed by atoms with E-state index in [2.05, 4.69) is 0 Å². The molecule has 0 spiro atoms. The summed E-state index contributed by atoms with van der Waals surface area (Å²) in [4.78, 5) is 0.897. The lowest BCUT2D eigenvalue weighted by Gasteiger charge is -2.15. The molecule has 0 unspecified atom stereocenters. The molecule has 4 nitrogen and oxygen atoms in total. The maximum Gasteiger partial charge on any atom is 0.252 e. The Bertz CT molecular complexity index is 484. The largest absolute Gasteiger partial charge is 0.380 e. The van der Waals surface area contributed by atoms with Crippen molar-refractivity contribution in [3.8, 4) is 0 Å². The van der Waals surface area contributed by atoms with Crippen LogP contribution in [-0.2, 0) is 20.6 Å². The van der Waals surface area contributed by atoms with Gasteiger partial charge in [0.1, 0.15) is 4.21 Å². The average molecular weight is 312 g/mol. The van der Waals surface area contributed by atoms with Crippen LogP contribution in [0.1, 0.15) is 17.4 Å². The first-order chi connectivity index (χ1) is 8.43. The molecule has 18 heavy (non-hydrogen) atoms. The molecule has 0 aromatic carbocycles. The first-order valence-electron chi connectivity index (χ1n) is 5.62. The van der Waals surface area contributed by atoms with Crippen LogP contribution in [-0.4, -0.2) is 39.5 Å². The van der Waals surface area contributed by atoms with Crippen LogP contribution in [0.2, 0.25) is 0 Å². The van der Waals surface area contributed by atoms with Gasteiger partial charge in [-0.2, -0.15) is 4.31 Å². The van der Waals surface area contributed by atoms with Gasteiger partial charge in [0, 0.05) is 25.1 Å². The van der Waals surface area contributed by atoms with E-state index in [1.165, 1.54) is 15.6 Å². The van der Waals surface area contributed by atoms with Gasteiger partial charge in [-0.05, 0) is 25.5 Å². The van der Waals surface area contributed by atoms with Crippen LogP contribution in [0.3, 0.4) is 0 Å². The maximum atomic E-state index is 12.2. The molecule has 1 heterocycles. The van der Waals surface area contributed by atoms with E-state index in [-0.39, 0.29) is 0 Å². The van der Waals surface area contributed by atoms with E-state index in [4.69, 9.17) is 16.3 Å². The van der Waals surface area contributed by atoms with Crippen LogP contribution in [0, 0.1) is 6.92 Å². The number of thiophene rings is 1. The third-order valence-corrected chi connectivity index (χ3v) is 6.51. The standard InChI is InChI=1S/C11H18ClNO3S2/c1-4-16-6-5-13(3)18(14,15)11-7-9(2)10(8-12)17-11/h7H,4-6,8H2,1-3H3. The van der Waals surface area contributed by atoms with Crippen molar-refractivity contribution in [1.29, 1.82) is 0 Å². The molecule has 0 saturated carbocycles. The molecule has 1 aromatic heterocycles. The van der Waals surface area contributed by atoms with Crippen molar-refractivity contribution in [2.24, 2.45) is 0 Å². The zero-order valence-electron chi connectivity index (χ0n) is 10.8. The normalized spacial score (nSPS) is 12.3. The molecule has 0 aliphatic rings. The molecule has 0 bridgehead atoms. The molecule has 0 saturated heterocycles. The smallest absolute Gasteiger partial charge is 0.252 e. The maximum absolute atomic E-state index is 12.2. The SMILES string of the molecule is CCOCCN(C)S(=O)(=O)c1cc(C)c(CCl)s1. The van der Waals surface area contributed by atoms with Crippen LogP contribution >= 0.6 is 22.9 Å². The van der Waals surface area contributed by atoms with E-state index < -0.39 is 10.0 Å². The average Bonchev–Trinajstić information content (AvgIpc) is 2.71. The van der Waals surface area contributed by atoms with Crippen molar-refractivity contribution in [3.05, 3.63) is 16.5 Å². The number of ether oxygens (including phenoxy) is 1. The predicted molar refractivity (Wildman–Crippen MR) is 74.9 cm³/mol. The van der Waals surface area contributed by atoms with Crippen molar-refractivity contribution < 1.29 is 13.2 Å². The van der Waals surface area contributed by atoms with Crippen LogP contribution in [0.4, 0.5) is 0 Å². The summed E-state index contributed by atoms with van der Waals surface area (Å²) in [7, 11) is -1.86. The number of likely N-dealkylation sites (N-methyl/N-ethyl adjacent to an activating group) is 1. The first kappa shape index (κ1) is 15.9. The van der Waals surface area contributed by atoms with Crippen LogP contribution in [0.15, 0.2) is 10.3 Å². The number of hydrogen-bond donors (Lipinski definition) is 0. The Morgan fingerprint density at radius 1 is 1.50 bits per heavy atom. The van der Waals surface area contributed by atoms with Crippen molar-refractivity contribution in [3.63, 3.8) is 0 Å². The number of alkyl halides is 1. The summed E-state index contributed by atoms with van der Waals surface area (Å²) in [6.45, 7) is 5.09. The summed E-state index contributed by atoms with van der Waals surface area (Å²) in [6.07, 6.45) is 0. The molecule has 1 rings (SSSR count). The molecule has 0 N–H and O–H groups in total. The van der Waals surface area contributed by atoms with Crippen LogP contribution in [0.25, 0.3) is 0 Å². The quantitative estimate of drug-likeness (QED) is 0.574. The Hall–Kier alpha value is -0.140. The number of nitrogens with zero attached hydrogens (tertiary/aromatic N) is 1. The molecule has 7 heteroatoms. The third kappa shape index (κ3) is 3.68. The molecular weight excluding hydrogens is 294 g/mol.